The van der Waals surface area contributed by atoms with E-state index in [1.807, 2.05) is 10.7 Å². The van der Waals surface area contributed by atoms with E-state index in [9.17, 15) is 9.18 Å². The highest BCUT2D eigenvalue weighted by Gasteiger charge is 2.19. The van der Waals surface area contributed by atoms with Gasteiger partial charge >= 0.3 is 5.97 Å². The predicted octanol–water partition coefficient (Wildman–Crippen LogP) is 3.13. The van der Waals surface area contributed by atoms with E-state index in [2.05, 4.69) is 10.4 Å². The average molecular weight is 303 g/mol. The third-order valence-electron chi connectivity index (χ3n) is 4.13. The molecule has 116 valence electrons. The first-order chi connectivity index (χ1) is 10.6. The Morgan fingerprint density at radius 1 is 1.41 bits per heavy atom. The van der Waals surface area contributed by atoms with Gasteiger partial charge < -0.3 is 10.4 Å². The lowest BCUT2D eigenvalue weighted by Crippen LogP contribution is -2.20. The zero-order valence-electron chi connectivity index (χ0n) is 12.1. The predicted molar refractivity (Wildman–Crippen MR) is 80.3 cm³/mol. The van der Waals surface area contributed by atoms with E-state index in [-0.39, 0.29) is 5.56 Å². The Kier molecular flexibility index (Phi) is 4.09. The molecule has 1 aliphatic rings. The monoisotopic (exact) mass is 303 g/mol. The molecular weight excluding hydrogens is 285 g/mol. The van der Waals surface area contributed by atoms with Gasteiger partial charge in [0.15, 0.2) is 0 Å². The number of benzene rings is 1. The number of aromatic carboxylic acids is 1. The maximum atomic E-state index is 13.4. The lowest BCUT2D eigenvalue weighted by Gasteiger charge is -2.25. The van der Waals surface area contributed by atoms with Gasteiger partial charge in [-0.3, -0.25) is 4.68 Å². The summed E-state index contributed by atoms with van der Waals surface area (Å²) in [6, 6.07) is 5.95. The van der Waals surface area contributed by atoms with Gasteiger partial charge in [0.2, 0.25) is 0 Å². The molecule has 0 spiro atoms. The molecule has 22 heavy (non-hydrogen) atoms. The smallest absolute Gasteiger partial charge is 0.338 e. The van der Waals surface area contributed by atoms with E-state index in [1.54, 1.807) is 6.20 Å². The van der Waals surface area contributed by atoms with E-state index in [1.165, 1.54) is 31.4 Å². The number of carbonyl (C=O) groups is 1. The first kappa shape index (κ1) is 14.6. The first-order valence-electron chi connectivity index (χ1n) is 7.41. The molecule has 0 saturated heterocycles. The van der Waals surface area contributed by atoms with Gasteiger partial charge in [0.1, 0.15) is 5.82 Å². The van der Waals surface area contributed by atoms with Crippen molar-refractivity contribution in [3.63, 3.8) is 0 Å². The second kappa shape index (κ2) is 6.17. The number of hydrogen-bond acceptors (Lipinski definition) is 3. The van der Waals surface area contributed by atoms with E-state index >= 15 is 0 Å². The van der Waals surface area contributed by atoms with Gasteiger partial charge in [-0.2, -0.15) is 5.10 Å². The SMILES string of the molecule is O=C(O)c1cc(NCc2ccnn2CC2CCC2)ccc1F. The Bertz CT molecular complexity index is 680. The van der Waals surface area contributed by atoms with Crippen molar-refractivity contribution in [2.24, 2.45) is 5.92 Å². The van der Waals surface area contributed by atoms with E-state index in [0.717, 1.165) is 18.3 Å². The highest BCUT2D eigenvalue weighted by atomic mass is 19.1. The Hall–Kier alpha value is -2.37. The number of halogens is 1. The second-order valence-corrected chi connectivity index (χ2v) is 5.65. The minimum atomic E-state index is -1.27. The van der Waals surface area contributed by atoms with Crippen LogP contribution in [-0.2, 0) is 13.1 Å². The van der Waals surface area contributed by atoms with Crippen molar-refractivity contribution in [3.8, 4) is 0 Å². The number of anilines is 1. The van der Waals surface area contributed by atoms with Gasteiger partial charge in [-0.15, -0.1) is 0 Å². The van der Waals surface area contributed by atoms with Crippen molar-refractivity contribution in [1.29, 1.82) is 0 Å². The molecule has 1 heterocycles. The molecule has 5 nitrogen and oxygen atoms in total. The highest BCUT2D eigenvalue weighted by Crippen LogP contribution is 2.28. The summed E-state index contributed by atoms with van der Waals surface area (Å²) < 4.78 is 15.3. The standard InChI is InChI=1S/C16H18FN3O2/c17-15-5-4-12(8-14(15)16(21)22)18-9-13-6-7-19-20(13)10-11-2-1-3-11/h4-8,11,18H,1-3,9-10H2,(H,21,22). The number of carboxylic acids is 1. The summed E-state index contributed by atoms with van der Waals surface area (Å²) in [5, 5.41) is 16.4. The molecular formula is C16H18FN3O2. The molecule has 0 unspecified atom stereocenters. The molecule has 1 saturated carbocycles. The van der Waals surface area contributed by atoms with Gasteiger partial charge in [-0.05, 0) is 43.0 Å². The molecule has 1 fully saturated rings. The molecule has 0 radical (unpaired) electrons. The van der Waals surface area contributed by atoms with Crippen LogP contribution in [-0.4, -0.2) is 20.9 Å². The summed E-state index contributed by atoms with van der Waals surface area (Å²) in [4.78, 5) is 10.9. The number of nitrogens with zero attached hydrogens (tertiary/aromatic N) is 2. The van der Waals surface area contributed by atoms with Gasteiger partial charge in [0, 0.05) is 18.4 Å². The molecule has 0 atom stereocenters. The van der Waals surface area contributed by atoms with Crippen LogP contribution < -0.4 is 5.32 Å². The quantitative estimate of drug-likeness (QED) is 0.860. The third kappa shape index (κ3) is 3.10. The Labute approximate surface area is 127 Å². The topological polar surface area (TPSA) is 67.2 Å². The van der Waals surface area contributed by atoms with Crippen molar-refractivity contribution >= 4 is 11.7 Å². The van der Waals surface area contributed by atoms with E-state index in [0.29, 0.717) is 18.2 Å². The summed E-state index contributed by atoms with van der Waals surface area (Å²) in [7, 11) is 0. The fourth-order valence-corrected chi connectivity index (χ4v) is 2.59. The van der Waals surface area contributed by atoms with Gasteiger partial charge in [0.05, 0.1) is 17.8 Å². The Morgan fingerprint density at radius 3 is 2.91 bits per heavy atom. The highest BCUT2D eigenvalue weighted by molar-refractivity contribution is 5.89. The molecule has 2 N–H and O–H groups in total. The molecule has 2 aromatic rings. The van der Waals surface area contributed by atoms with Crippen molar-refractivity contribution in [1.82, 2.24) is 9.78 Å². The summed E-state index contributed by atoms with van der Waals surface area (Å²) >= 11 is 0. The summed E-state index contributed by atoms with van der Waals surface area (Å²) in [6.45, 7) is 1.45. The average Bonchev–Trinajstić information content (AvgIpc) is 2.89. The fraction of sp³-hybridized carbons (Fsp3) is 0.375. The lowest BCUT2D eigenvalue weighted by atomic mass is 9.85. The normalized spacial score (nSPS) is 14.6. The second-order valence-electron chi connectivity index (χ2n) is 5.65. The Morgan fingerprint density at radius 2 is 2.23 bits per heavy atom. The van der Waals surface area contributed by atoms with Crippen LogP contribution in [0.4, 0.5) is 10.1 Å². The zero-order chi connectivity index (χ0) is 15.5. The molecule has 6 heteroatoms. The molecule has 0 amide bonds. The van der Waals surface area contributed by atoms with Crippen LogP contribution in [0.3, 0.4) is 0 Å². The minimum absolute atomic E-state index is 0.326. The molecule has 1 aromatic heterocycles. The van der Waals surface area contributed by atoms with Crippen molar-refractivity contribution in [3.05, 3.63) is 47.5 Å². The van der Waals surface area contributed by atoms with Crippen molar-refractivity contribution in [2.45, 2.75) is 32.4 Å². The van der Waals surface area contributed by atoms with E-state index in [4.69, 9.17) is 5.11 Å². The van der Waals surface area contributed by atoms with Crippen molar-refractivity contribution in [2.75, 3.05) is 5.32 Å². The number of hydrogen-bond donors (Lipinski definition) is 2. The lowest BCUT2D eigenvalue weighted by molar-refractivity contribution is 0.0692. The largest absolute Gasteiger partial charge is 0.478 e. The van der Waals surface area contributed by atoms with Crippen LogP contribution in [0.5, 0.6) is 0 Å². The number of aromatic nitrogens is 2. The van der Waals surface area contributed by atoms with Crippen LogP contribution in [0.15, 0.2) is 30.5 Å². The van der Waals surface area contributed by atoms with Crippen LogP contribution in [0.25, 0.3) is 0 Å². The third-order valence-corrected chi connectivity index (χ3v) is 4.13. The number of rotatable bonds is 6. The van der Waals surface area contributed by atoms with Gasteiger partial charge in [0.25, 0.3) is 0 Å². The van der Waals surface area contributed by atoms with Crippen LogP contribution in [0, 0.1) is 11.7 Å². The van der Waals surface area contributed by atoms with Gasteiger partial charge in [-0.1, -0.05) is 6.42 Å². The van der Waals surface area contributed by atoms with Crippen LogP contribution in [0.2, 0.25) is 0 Å². The first-order valence-corrected chi connectivity index (χ1v) is 7.41. The molecule has 1 aliphatic carbocycles. The van der Waals surface area contributed by atoms with Crippen molar-refractivity contribution < 1.29 is 14.3 Å². The van der Waals surface area contributed by atoms with E-state index < -0.39 is 11.8 Å². The molecule has 1 aromatic carbocycles. The molecule has 0 bridgehead atoms. The maximum absolute atomic E-state index is 13.4. The summed E-state index contributed by atoms with van der Waals surface area (Å²) in [5.41, 5.74) is 1.29. The number of carboxylic acid groups (broad SMARTS) is 1. The summed E-state index contributed by atoms with van der Waals surface area (Å²) in [5.74, 6) is -1.28. The maximum Gasteiger partial charge on any atom is 0.338 e. The Balaban J connectivity index is 1.66. The minimum Gasteiger partial charge on any atom is -0.478 e. The molecule has 3 rings (SSSR count). The van der Waals surface area contributed by atoms with Crippen LogP contribution >= 0.6 is 0 Å². The van der Waals surface area contributed by atoms with Crippen LogP contribution in [0.1, 0.15) is 35.3 Å². The zero-order valence-corrected chi connectivity index (χ0v) is 12.1. The summed E-state index contributed by atoms with van der Waals surface area (Å²) in [6.07, 6.45) is 5.58. The molecule has 0 aliphatic heterocycles. The number of nitrogens with one attached hydrogen (secondary N) is 1. The fourth-order valence-electron chi connectivity index (χ4n) is 2.59. The van der Waals surface area contributed by atoms with Gasteiger partial charge in [-0.25, -0.2) is 9.18 Å².